The highest BCUT2D eigenvalue weighted by atomic mass is 32.1. The third-order valence-corrected chi connectivity index (χ3v) is 12.5. The van der Waals surface area contributed by atoms with Crippen LogP contribution in [0.5, 0.6) is 0 Å². The SMILES string of the molecule is c1ccc(-c2ccc(-c3nc4cc5sc6ccc(-c7cccc8cc(-c9nc(-c%10ccccc%10)nc(-c%10ccc%11ccccc%11c%10)n9)ccc78)cc6c5cc4o3)cc2)cc1. The van der Waals surface area contributed by atoms with E-state index in [2.05, 4.69) is 158 Å². The molecule has 60 heavy (non-hydrogen) atoms. The molecular weight excluding hydrogens is 753 g/mol. The van der Waals surface area contributed by atoms with Gasteiger partial charge in [0.25, 0.3) is 0 Å². The molecule has 12 rings (SSSR count). The third-order valence-electron chi connectivity index (χ3n) is 11.3. The van der Waals surface area contributed by atoms with Gasteiger partial charge in [-0.25, -0.2) is 19.9 Å². The maximum Gasteiger partial charge on any atom is 0.227 e. The van der Waals surface area contributed by atoms with Crippen molar-refractivity contribution in [2.45, 2.75) is 0 Å². The van der Waals surface area contributed by atoms with Gasteiger partial charge in [-0.3, -0.25) is 0 Å². The summed E-state index contributed by atoms with van der Waals surface area (Å²) in [6.45, 7) is 0. The second-order valence-corrected chi connectivity index (χ2v) is 16.2. The molecule has 5 nitrogen and oxygen atoms in total. The van der Waals surface area contributed by atoms with Crippen LogP contribution in [0.2, 0.25) is 0 Å². The second kappa shape index (κ2) is 13.9. The number of rotatable bonds is 6. The lowest BCUT2D eigenvalue weighted by Gasteiger charge is -2.11. The summed E-state index contributed by atoms with van der Waals surface area (Å²) in [6.07, 6.45) is 0. The van der Waals surface area contributed by atoms with E-state index in [4.69, 9.17) is 24.4 Å². The van der Waals surface area contributed by atoms with E-state index in [1.807, 2.05) is 36.4 Å². The first-order valence-corrected chi connectivity index (χ1v) is 20.8. The van der Waals surface area contributed by atoms with Crippen LogP contribution in [0.3, 0.4) is 0 Å². The van der Waals surface area contributed by atoms with E-state index < -0.39 is 0 Å². The molecule has 12 aromatic rings. The molecular formula is C54H32N4OS. The fourth-order valence-corrected chi connectivity index (χ4v) is 9.38. The van der Waals surface area contributed by atoms with Crippen molar-refractivity contribution >= 4 is 64.2 Å². The summed E-state index contributed by atoms with van der Waals surface area (Å²) < 4.78 is 8.82. The lowest BCUT2D eigenvalue weighted by Crippen LogP contribution is -2.00. The fraction of sp³-hybridized carbons (Fsp3) is 0. The zero-order valence-corrected chi connectivity index (χ0v) is 32.9. The lowest BCUT2D eigenvalue weighted by molar-refractivity contribution is 0.620. The molecule has 9 aromatic carbocycles. The van der Waals surface area contributed by atoms with Crippen molar-refractivity contribution in [3.05, 3.63) is 194 Å². The van der Waals surface area contributed by atoms with Crippen molar-refractivity contribution in [3.63, 3.8) is 0 Å². The van der Waals surface area contributed by atoms with Gasteiger partial charge >= 0.3 is 0 Å². The zero-order chi connectivity index (χ0) is 39.6. The van der Waals surface area contributed by atoms with E-state index in [0.29, 0.717) is 23.4 Å². The summed E-state index contributed by atoms with van der Waals surface area (Å²) >= 11 is 1.79. The van der Waals surface area contributed by atoms with Crippen LogP contribution in [0.1, 0.15) is 0 Å². The smallest absolute Gasteiger partial charge is 0.227 e. The minimum absolute atomic E-state index is 0.626. The average Bonchev–Trinajstić information content (AvgIpc) is 3.91. The van der Waals surface area contributed by atoms with Crippen LogP contribution in [0.25, 0.3) is 121 Å². The minimum Gasteiger partial charge on any atom is -0.436 e. The largest absolute Gasteiger partial charge is 0.436 e. The first-order valence-electron chi connectivity index (χ1n) is 19.9. The van der Waals surface area contributed by atoms with Gasteiger partial charge in [0.15, 0.2) is 23.1 Å². The summed E-state index contributed by atoms with van der Waals surface area (Å²) in [5.41, 5.74) is 10.1. The molecule has 3 heterocycles. The Labute approximate surface area is 348 Å². The monoisotopic (exact) mass is 784 g/mol. The Morgan fingerprint density at radius 2 is 0.917 bits per heavy atom. The molecule has 0 unspecified atom stereocenters. The predicted molar refractivity (Wildman–Crippen MR) is 248 cm³/mol. The molecule has 0 aliphatic rings. The van der Waals surface area contributed by atoms with Crippen LogP contribution in [0.15, 0.2) is 199 Å². The quantitative estimate of drug-likeness (QED) is 0.168. The molecule has 0 saturated heterocycles. The summed E-state index contributed by atoms with van der Waals surface area (Å²) in [6, 6.07) is 67.8. The summed E-state index contributed by atoms with van der Waals surface area (Å²) in [5.74, 6) is 2.55. The topological polar surface area (TPSA) is 64.7 Å². The average molecular weight is 785 g/mol. The molecule has 6 heteroatoms. The maximum absolute atomic E-state index is 6.41. The van der Waals surface area contributed by atoms with Gasteiger partial charge in [0.05, 0.1) is 0 Å². The molecule has 0 saturated carbocycles. The normalized spacial score (nSPS) is 11.7. The van der Waals surface area contributed by atoms with E-state index in [9.17, 15) is 0 Å². The van der Waals surface area contributed by atoms with Crippen molar-refractivity contribution < 1.29 is 4.42 Å². The molecule has 0 radical (unpaired) electrons. The predicted octanol–water partition coefficient (Wildman–Crippen LogP) is 14.7. The zero-order valence-electron chi connectivity index (χ0n) is 32.1. The van der Waals surface area contributed by atoms with Gasteiger partial charge in [-0.15, -0.1) is 11.3 Å². The Balaban J connectivity index is 0.911. The van der Waals surface area contributed by atoms with Crippen LogP contribution in [0.4, 0.5) is 0 Å². The molecule has 0 aliphatic carbocycles. The number of oxazole rings is 1. The maximum atomic E-state index is 6.41. The summed E-state index contributed by atoms with van der Waals surface area (Å²) in [7, 11) is 0. The van der Waals surface area contributed by atoms with Gasteiger partial charge in [-0.2, -0.15) is 0 Å². The van der Waals surface area contributed by atoms with Gasteiger partial charge in [0, 0.05) is 42.4 Å². The first kappa shape index (κ1) is 34.3. The van der Waals surface area contributed by atoms with Gasteiger partial charge in [0.2, 0.25) is 5.89 Å². The highest BCUT2D eigenvalue weighted by molar-refractivity contribution is 7.25. The minimum atomic E-state index is 0.626. The Hall–Kier alpha value is -7.80. The van der Waals surface area contributed by atoms with Gasteiger partial charge in [-0.05, 0) is 92.3 Å². The second-order valence-electron chi connectivity index (χ2n) is 15.1. The van der Waals surface area contributed by atoms with Gasteiger partial charge in [0.1, 0.15) is 5.52 Å². The van der Waals surface area contributed by atoms with Crippen molar-refractivity contribution in [1.29, 1.82) is 0 Å². The summed E-state index contributed by atoms with van der Waals surface area (Å²) in [4.78, 5) is 20.0. The number of thiophene rings is 1. The van der Waals surface area contributed by atoms with Gasteiger partial charge in [-0.1, -0.05) is 146 Å². The first-order chi connectivity index (χ1) is 29.7. The number of nitrogens with zero attached hydrogens (tertiary/aromatic N) is 4. The van der Waals surface area contributed by atoms with Crippen molar-refractivity contribution in [1.82, 2.24) is 19.9 Å². The Morgan fingerprint density at radius 1 is 0.333 bits per heavy atom. The number of hydrogen-bond acceptors (Lipinski definition) is 6. The van der Waals surface area contributed by atoms with Crippen LogP contribution in [0, 0.1) is 0 Å². The number of benzene rings is 9. The van der Waals surface area contributed by atoms with E-state index in [1.165, 1.54) is 36.7 Å². The van der Waals surface area contributed by atoms with Crippen molar-refractivity contribution in [3.8, 4) is 67.9 Å². The fourth-order valence-electron chi connectivity index (χ4n) is 8.28. The van der Waals surface area contributed by atoms with E-state index in [1.54, 1.807) is 11.3 Å². The van der Waals surface area contributed by atoms with Crippen LogP contribution < -0.4 is 0 Å². The molecule has 3 aromatic heterocycles. The highest BCUT2D eigenvalue weighted by Gasteiger charge is 2.17. The van der Waals surface area contributed by atoms with Crippen LogP contribution >= 0.6 is 11.3 Å². The molecule has 0 N–H and O–H groups in total. The molecule has 0 spiro atoms. The van der Waals surface area contributed by atoms with Crippen molar-refractivity contribution in [2.24, 2.45) is 0 Å². The van der Waals surface area contributed by atoms with E-state index in [0.717, 1.165) is 60.6 Å². The highest BCUT2D eigenvalue weighted by Crippen LogP contribution is 2.41. The Morgan fingerprint density at radius 3 is 1.70 bits per heavy atom. The molecule has 280 valence electrons. The Bertz CT molecular complexity index is 3600. The number of aromatic nitrogens is 4. The van der Waals surface area contributed by atoms with Crippen molar-refractivity contribution in [2.75, 3.05) is 0 Å². The molecule has 0 bridgehead atoms. The summed E-state index contributed by atoms with van der Waals surface area (Å²) in [5, 5.41) is 6.97. The van der Waals surface area contributed by atoms with E-state index in [-0.39, 0.29) is 0 Å². The lowest BCUT2D eigenvalue weighted by atomic mass is 9.96. The van der Waals surface area contributed by atoms with Gasteiger partial charge < -0.3 is 4.42 Å². The van der Waals surface area contributed by atoms with E-state index >= 15 is 0 Å². The number of fused-ring (bicyclic) bond motifs is 6. The molecule has 0 atom stereocenters. The molecule has 0 fully saturated rings. The molecule has 0 aliphatic heterocycles. The van der Waals surface area contributed by atoms with Crippen LogP contribution in [-0.2, 0) is 0 Å². The third kappa shape index (κ3) is 6.01. The van der Waals surface area contributed by atoms with Crippen LogP contribution in [-0.4, -0.2) is 19.9 Å². The molecule has 0 amide bonds. The number of hydrogen-bond donors (Lipinski definition) is 0. The standard InChI is InChI=1S/C54H32N4OS/c1-3-10-33(11-4-1)35-18-21-37(22-19-35)54-55-47-32-50-46(31-48(47)59-54)45-30-40(25-27-49(45)60-50)43-17-9-16-39-29-42(24-26-44(39)43)53-57-51(36-13-5-2-6-14-36)56-52(58-53)41-23-20-34-12-7-8-15-38(34)28-41/h1-32H. The Kier molecular flexibility index (Phi) is 7.96.